The minimum atomic E-state index is -2.14. The number of hydrogen-bond donors (Lipinski definition) is 0. The Bertz CT molecular complexity index is 1750. The Labute approximate surface area is 236 Å². The molecule has 0 saturated heterocycles. The fourth-order valence-corrected chi connectivity index (χ4v) is 7.94. The maximum atomic E-state index is 15.3. The summed E-state index contributed by atoms with van der Waals surface area (Å²) in [5.74, 6) is -9.59. The number of rotatable bonds is 2. The maximum Gasteiger partial charge on any atom is 0.200 e. The van der Waals surface area contributed by atoms with Crippen LogP contribution >= 0.6 is 0 Å². The van der Waals surface area contributed by atoms with Gasteiger partial charge in [-0.1, -0.05) is 76.1 Å². The molecule has 2 atom stereocenters. The van der Waals surface area contributed by atoms with Gasteiger partial charge < -0.3 is 4.90 Å². The molecule has 0 aromatic heterocycles. The van der Waals surface area contributed by atoms with E-state index in [0.29, 0.717) is 12.1 Å². The van der Waals surface area contributed by atoms with E-state index in [2.05, 4.69) is 69.3 Å². The summed E-state index contributed by atoms with van der Waals surface area (Å²) in [6.07, 6.45) is 2.99. The van der Waals surface area contributed by atoms with Gasteiger partial charge in [0.2, 0.25) is 5.82 Å². The van der Waals surface area contributed by atoms with E-state index in [9.17, 15) is 13.2 Å². The zero-order chi connectivity index (χ0) is 29.1. The fraction of sp³-hybridized carbons (Fsp3) is 0.314. The van der Waals surface area contributed by atoms with E-state index < -0.39 is 45.7 Å². The first-order valence-electron chi connectivity index (χ1n) is 14.1. The zero-order valence-corrected chi connectivity index (χ0v) is 23.4. The predicted octanol–water partition coefficient (Wildman–Crippen LogP) is 10.1. The third kappa shape index (κ3) is 3.22. The summed E-state index contributed by atoms with van der Waals surface area (Å²) in [6.45, 7) is 8.39. The average Bonchev–Trinajstić information content (AvgIpc) is 3.32. The molecule has 41 heavy (non-hydrogen) atoms. The molecule has 0 spiro atoms. The molecule has 210 valence electrons. The van der Waals surface area contributed by atoms with Crippen LogP contribution < -0.4 is 4.90 Å². The Kier molecular flexibility index (Phi) is 5.40. The second kappa shape index (κ2) is 8.43. The number of hydrogen-bond acceptors (Lipinski definition) is 1. The Hall–Kier alpha value is -3.67. The van der Waals surface area contributed by atoms with Gasteiger partial charge in [-0.25, -0.2) is 22.0 Å². The highest BCUT2D eigenvalue weighted by Crippen LogP contribution is 2.62. The number of nitrogens with zero attached hydrogens (tertiary/aromatic N) is 1. The lowest BCUT2D eigenvalue weighted by molar-refractivity contribution is 0.192. The summed E-state index contributed by atoms with van der Waals surface area (Å²) in [5, 5.41) is 0. The molecule has 1 nitrogen and oxygen atoms in total. The highest BCUT2D eigenvalue weighted by atomic mass is 19.2. The third-order valence-corrected chi connectivity index (χ3v) is 10.4. The van der Waals surface area contributed by atoms with E-state index in [1.54, 1.807) is 6.07 Å². The van der Waals surface area contributed by atoms with Crippen molar-refractivity contribution in [1.82, 2.24) is 0 Å². The quantitative estimate of drug-likeness (QED) is 0.134. The van der Waals surface area contributed by atoms with Crippen molar-refractivity contribution >= 4 is 11.4 Å². The minimum absolute atomic E-state index is 0.171. The van der Waals surface area contributed by atoms with E-state index in [1.807, 2.05) is 13.0 Å². The number of benzene rings is 4. The molecule has 4 aromatic carbocycles. The summed E-state index contributed by atoms with van der Waals surface area (Å²) in [5.41, 5.74) is 5.78. The largest absolute Gasteiger partial charge is 0.329 e. The number of anilines is 2. The normalized spacial score (nSPS) is 23.7. The lowest BCUT2D eigenvalue weighted by Crippen LogP contribution is -2.55. The van der Waals surface area contributed by atoms with Crippen LogP contribution in [0.3, 0.4) is 0 Å². The molecule has 4 aromatic rings. The molecular formula is C35H30F5N. The van der Waals surface area contributed by atoms with E-state index >= 15 is 8.78 Å². The minimum Gasteiger partial charge on any atom is -0.329 e. The first kappa shape index (κ1) is 26.2. The van der Waals surface area contributed by atoms with Crippen molar-refractivity contribution in [2.45, 2.75) is 69.7 Å². The van der Waals surface area contributed by atoms with Crippen molar-refractivity contribution in [3.8, 4) is 22.3 Å². The van der Waals surface area contributed by atoms with Gasteiger partial charge in [-0.3, -0.25) is 0 Å². The Morgan fingerprint density at radius 2 is 1.15 bits per heavy atom. The SMILES string of the molecule is CC1(C)c2ccccc2-c2ccc(-c3ccc4c(c3)C3(C)CCCCC3(C)N4c3c(F)c(F)c(F)c(F)c3F)cc21. The molecule has 6 heteroatoms. The molecule has 1 fully saturated rings. The molecule has 1 aliphatic heterocycles. The van der Waals surface area contributed by atoms with Crippen LogP contribution in [0.15, 0.2) is 60.7 Å². The van der Waals surface area contributed by atoms with Crippen LogP contribution in [0.25, 0.3) is 22.3 Å². The molecule has 1 saturated carbocycles. The van der Waals surface area contributed by atoms with Gasteiger partial charge in [0, 0.05) is 16.5 Å². The van der Waals surface area contributed by atoms with Crippen molar-refractivity contribution in [2.24, 2.45) is 0 Å². The topological polar surface area (TPSA) is 3.24 Å². The van der Waals surface area contributed by atoms with Gasteiger partial charge in [0.1, 0.15) is 5.69 Å². The monoisotopic (exact) mass is 559 g/mol. The molecule has 0 bridgehead atoms. The summed E-state index contributed by atoms with van der Waals surface area (Å²) in [4.78, 5) is 1.39. The predicted molar refractivity (Wildman–Crippen MR) is 152 cm³/mol. The van der Waals surface area contributed by atoms with E-state index in [0.717, 1.165) is 36.0 Å². The highest BCUT2D eigenvalue weighted by molar-refractivity contribution is 5.85. The van der Waals surface area contributed by atoms with Crippen molar-refractivity contribution in [3.63, 3.8) is 0 Å². The third-order valence-electron chi connectivity index (χ3n) is 10.4. The lowest BCUT2D eigenvalue weighted by Gasteiger charge is -2.50. The summed E-state index contributed by atoms with van der Waals surface area (Å²) in [7, 11) is 0. The molecule has 7 rings (SSSR count). The van der Waals surface area contributed by atoms with Crippen LogP contribution in [0.5, 0.6) is 0 Å². The fourth-order valence-electron chi connectivity index (χ4n) is 7.94. The summed E-state index contributed by atoms with van der Waals surface area (Å²) in [6, 6.07) is 20.6. The Morgan fingerprint density at radius 3 is 1.85 bits per heavy atom. The van der Waals surface area contributed by atoms with Crippen LogP contribution in [0.1, 0.15) is 70.1 Å². The number of fused-ring (bicyclic) bond motifs is 6. The molecule has 2 aliphatic carbocycles. The zero-order valence-electron chi connectivity index (χ0n) is 23.4. The van der Waals surface area contributed by atoms with Crippen LogP contribution in [0, 0.1) is 29.1 Å². The van der Waals surface area contributed by atoms with Gasteiger partial charge in [-0.2, -0.15) is 0 Å². The molecule has 3 aliphatic rings. The van der Waals surface area contributed by atoms with Crippen molar-refractivity contribution < 1.29 is 22.0 Å². The van der Waals surface area contributed by atoms with Gasteiger partial charge in [0.05, 0.1) is 5.54 Å². The van der Waals surface area contributed by atoms with Crippen molar-refractivity contribution in [1.29, 1.82) is 0 Å². The molecule has 0 N–H and O–H groups in total. The first-order chi connectivity index (χ1) is 19.4. The van der Waals surface area contributed by atoms with E-state index in [-0.39, 0.29) is 5.41 Å². The van der Waals surface area contributed by atoms with Crippen LogP contribution in [-0.4, -0.2) is 5.54 Å². The van der Waals surface area contributed by atoms with Crippen LogP contribution in [-0.2, 0) is 10.8 Å². The Morgan fingerprint density at radius 1 is 0.585 bits per heavy atom. The molecule has 1 heterocycles. The van der Waals surface area contributed by atoms with Gasteiger partial charge in [0.25, 0.3) is 0 Å². The van der Waals surface area contributed by atoms with Gasteiger partial charge in [-0.05, 0) is 76.9 Å². The second-order valence-electron chi connectivity index (χ2n) is 12.7. The van der Waals surface area contributed by atoms with Gasteiger partial charge >= 0.3 is 0 Å². The van der Waals surface area contributed by atoms with Crippen molar-refractivity contribution in [2.75, 3.05) is 4.90 Å². The van der Waals surface area contributed by atoms with E-state index in [4.69, 9.17) is 0 Å². The van der Waals surface area contributed by atoms with Crippen LogP contribution in [0.2, 0.25) is 0 Å². The average molecular weight is 560 g/mol. The Balaban J connectivity index is 1.42. The van der Waals surface area contributed by atoms with Gasteiger partial charge in [-0.15, -0.1) is 0 Å². The summed E-state index contributed by atoms with van der Waals surface area (Å²) < 4.78 is 73.5. The standard InChI is InChI=1S/C35H30F5N/c1-33(2)23-10-6-5-9-21(23)22-13-11-19(17-24(22)33)20-12-14-26-25(18-20)34(3)15-7-8-16-35(34,4)41(26)32-30(39)28(37)27(36)29(38)31(32)40/h5-6,9-14,17-18H,7-8,15-16H2,1-4H3. The summed E-state index contributed by atoms with van der Waals surface area (Å²) >= 11 is 0. The van der Waals surface area contributed by atoms with E-state index in [1.165, 1.54) is 27.2 Å². The first-order valence-corrected chi connectivity index (χ1v) is 14.1. The molecule has 0 amide bonds. The van der Waals surface area contributed by atoms with Crippen molar-refractivity contribution in [3.05, 3.63) is 106 Å². The maximum absolute atomic E-state index is 15.3. The molecule has 2 unspecified atom stereocenters. The lowest BCUT2D eigenvalue weighted by atomic mass is 9.61. The van der Waals surface area contributed by atoms with Gasteiger partial charge in [0.15, 0.2) is 23.3 Å². The highest BCUT2D eigenvalue weighted by Gasteiger charge is 2.59. The molecule has 0 radical (unpaired) electrons. The number of halogens is 5. The smallest absolute Gasteiger partial charge is 0.200 e. The molecular weight excluding hydrogens is 529 g/mol. The van der Waals surface area contributed by atoms with Crippen LogP contribution in [0.4, 0.5) is 33.3 Å². The second-order valence-corrected chi connectivity index (χ2v) is 12.7.